The Morgan fingerprint density at radius 3 is 2.54 bits per heavy atom. The Bertz CT molecular complexity index is 1050. The number of benzene rings is 1. The number of ketones is 1. The first-order chi connectivity index (χ1) is 13.2. The molecule has 1 aliphatic heterocycles. The van der Waals surface area contributed by atoms with Crippen LogP contribution in [0.5, 0.6) is 0 Å². The smallest absolute Gasteiger partial charge is 0.343 e. The molecule has 0 amide bonds. The van der Waals surface area contributed by atoms with E-state index in [9.17, 15) is 18.0 Å². The molecule has 1 aromatic carbocycles. The number of anilines is 1. The number of nitrogens with zero attached hydrogens (tertiary/aromatic N) is 4. The third-order valence-electron chi connectivity index (χ3n) is 4.12. The number of azo groups is 1. The molecule has 3 rings (SSSR count). The molecule has 1 saturated heterocycles. The van der Waals surface area contributed by atoms with Gasteiger partial charge in [0, 0.05) is 18.3 Å². The van der Waals surface area contributed by atoms with Crippen molar-refractivity contribution in [3.05, 3.63) is 42.2 Å². The molecule has 11 heteroatoms. The summed E-state index contributed by atoms with van der Waals surface area (Å²) in [5.74, 6) is -1.22. The largest absolute Gasteiger partial charge is 0.463 e. The van der Waals surface area contributed by atoms with Crippen molar-refractivity contribution in [2.45, 2.75) is 30.7 Å². The van der Waals surface area contributed by atoms with Crippen LogP contribution in [0.4, 0.5) is 11.6 Å². The number of carbonyl (C=O) groups excluding carboxylic acids is 2. The van der Waals surface area contributed by atoms with Gasteiger partial charge >= 0.3 is 5.97 Å². The molecule has 1 atom stereocenters. The van der Waals surface area contributed by atoms with Crippen molar-refractivity contribution in [3.8, 4) is 0 Å². The maximum absolute atomic E-state index is 12.4. The van der Waals surface area contributed by atoms with Crippen molar-refractivity contribution in [2.24, 2.45) is 10.2 Å². The Kier molecular flexibility index (Phi) is 5.18. The maximum atomic E-state index is 12.4. The fourth-order valence-electron chi connectivity index (χ4n) is 2.51. The Morgan fingerprint density at radius 2 is 1.96 bits per heavy atom. The number of aromatic nitrogens is 2. The van der Waals surface area contributed by atoms with Gasteiger partial charge in [-0.2, -0.15) is 10.2 Å². The number of nitrogens with one attached hydrogen (secondary N) is 1. The molecule has 0 aliphatic carbocycles. The van der Waals surface area contributed by atoms with Crippen LogP contribution in [0.3, 0.4) is 0 Å². The van der Waals surface area contributed by atoms with E-state index in [0.717, 1.165) is 0 Å². The number of aryl methyl sites for hydroxylation is 1. The molecule has 0 radical (unpaired) electrons. The predicted octanol–water partition coefficient (Wildman–Crippen LogP) is 1.94. The molecule has 10 nitrogen and oxygen atoms in total. The van der Waals surface area contributed by atoms with E-state index >= 15 is 0 Å². The van der Waals surface area contributed by atoms with E-state index in [2.05, 4.69) is 24.9 Å². The van der Waals surface area contributed by atoms with Crippen LogP contribution in [-0.2, 0) is 24.3 Å². The van der Waals surface area contributed by atoms with Gasteiger partial charge in [-0.1, -0.05) is 0 Å². The molecule has 1 fully saturated rings. The van der Waals surface area contributed by atoms with E-state index in [1.54, 1.807) is 13.0 Å². The number of ether oxygens (including phenoxy) is 1. The zero-order chi connectivity index (χ0) is 20.4. The van der Waals surface area contributed by atoms with Crippen LogP contribution >= 0.6 is 0 Å². The Balaban J connectivity index is 1.79. The number of hydrogen-bond donors (Lipinski definition) is 1. The van der Waals surface area contributed by atoms with Crippen LogP contribution in [0.15, 0.2) is 51.7 Å². The second-order valence-electron chi connectivity index (χ2n) is 6.12. The van der Waals surface area contributed by atoms with Crippen molar-refractivity contribution in [1.82, 2.24) is 9.97 Å². The Morgan fingerprint density at radius 1 is 1.25 bits per heavy atom. The predicted molar refractivity (Wildman–Crippen MR) is 97.5 cm³/mol. The number of sulfonamides is 1. The first-order valence-electron chi connectivity index (χ1n) is 8.27. The third-order valence-corrected chi connectivity index (χ3v) is 5.46. The summed E-state index contributed by atoms with van der Waals surface area (Å²) in [7, 11) is -3.89. The molecular formula is C17H17N5O5S. The quantitative estimate of drug-likeness (QED) is 0.441. The summed E-state index contributed by atoms with van der Waals surface area (Å²) in [6, 6.07) is 7.10. The van der Waals surface area contributed by atoms with Crippen molar-refractivity contribution < 1.29 is 22.7 Å². The monoisotopic (exact) mass is 403 g/mol. The van der Waals surface area contributed by atoms with E-state index in [0.29, 0.717) is 5.69 Å². The molecule has 1 N–H and O–H groups in total. The molecule has 1 unspecified atom stereocenters. The fraction of sp³-hybridized carbons (Fsp3) is 0.294. The highest BCUT2D eigenvalue weighted by Gasteiger charge is 2.50. The van der Waals surface area contributed by atoms with Gasteiger partial charge in [0.1, 0.15) is 0 Å². The van der Waals surface area contributed by atoms with Crippen LogP contribution in [0, 0.1) is 6.92 Å². The number of Topliss-reactive ketones (excluding diaryl/α,β-unsaturated/α-hetero) is 1. The second-order valence-corrected chi connectivity index (χ2v) is 7.81. The zero-order valence-corrected chi connectivity index (χ0v) is 15.9. The Labute approximate surface area is 161 Å². The number of hydrogen-bond acceptors (Lipinski definition) is 9. The molecule has 2 heterocycles. The van der Waals surface area contributed by atoms with E-state index in [1.807, 2.05) is 0 Å². The Hall–Kier alpha value is -3.21. The van der Waals surface area contributed by atoms with Gasteiger partial charge in [-0.25, -0.2) is 27.9 Å². The molecule has 28 heavy (non-hydrogen) atoms. The number of cyclic esters (lactones) is 1. The highest BCUT2D eigenvalue weighted by Crippen LogP contribution is 2.28. The van der Waals surface area contributed by atoms with Gasteiger partial charge in [0.25, 0.3) is 10.0 Å². The summed E-state index contributed by atoms with van der Waals surface area (Å²) < 4.78 is 32.0. The number of carbonyl (C=O) groups is 2. The number of rotatable bonds is 6. The standard InChI is InChI=1S/C17H17N5O5S/c1-11-7-9-18-16(19-11)21-28(25,26)14-5-3-13(4-6-14)20-22-17(12(2)23)8-10-27-15(17)24/h3-7,9H,8,10H2,1-2H3,(H,18,19,21). The molecule has 2 aromatic rings. The lowest BCUT2D eigenvalue weighted by atomic mass is 9.95. The van der Waals surface area contributed by atoms with Gasteiger partial charge in [-0.05, 0) is 44.2 Å². The highest BCUT2D eigenvalue weighted by molar-refractivity contribution is 7.92. The summed E-state index contributed by atoms with van der Waals surface area (Å²) in [4.78, 5) is 31.5. The topological polar surface area (TPSA) is 140 Å². The summed E-state index contributed by atoms with van der Waals surface area (Å²) >= 11 is 0. The zero-order valence-electron chi connectivity index (χ0n) is 15.1. The molecule has 1 aromatic heterocycles. The average Bonchev–Trinajstić information content (AvgIpc) is 3.02. The molecule has 146 valence electrons. The maximum Gasteiger partial charge on any atom is 0.343 e. The van der Waals surface area contributed by atoms with E-state index in [-0.39, 0.29) is 29.6 Å². The number of esters is 1. The highest BCUT2D eigenvalue weighted by atomic mass is 32.2. The fourth-order valence-corrected chi connectivity index (χ4v) is 3.46. The SMILES string of the molecule is CC(=O)C1(N=Nc2ccc(S(=O)(=O)Nc3nccc(C)n3)cc2)CCOC1=O. The van der Waals surface area contributed by atoms with Gasteiger partial charge in [-0.3, -0.25) is 4.79 Å². The minimum atomic E-state index is -3.89. The van der Waals surface area contributed by atoms with Crippen molar-refractivity contribution >= 4 is 33.4 Å². The van der Waals surface area contributed by atoms with Crippen molar-refractivity contribution in [1.29, 1.82) is 0 Å². The van der Waals surface area contributed by atoms with E-state index in [4.69, 9.17) is 4.74 Å². The van der Waals surface area contributed by atoms with E-state index < -0.39 is 27.3 Å². The summed E-state index contributed by atoms with van der Waals surface area (Å²) in [5, 5.41) is 7.80. The summed E-state index contributed by atoms with van der Waals surface area (Å²) in [5.41, 5.74) is -0.728. The first-order valence-corrected chi connectivity index (χ1v) is 9.75. The molecule has 0 bridgehead atoms. The average molecular weight is 403 g/mol. The van der Waals surface area contributed by atoms with Crippen molar-refractivity contribution in [3.63, 3.8) is 0 Å². The van der Waals surface area contributed by atoms with Crippen LogP contribution in [0.25, 0.3) is 0 Å². The lowest BCUT2D eigenvalue weighted by Gasteiger charge is -2.13. The van der Waals surface area contributed by atoms with Gasteiger partial charge < -0.3 is 4.74 Å². The second kappa shape index (κ2) is 7.43. The first kappa shape index (κ1) is 19.5. The normalized spacial score (nSPS) is 19.6. The minimum Gasteiger partial charge on any atom is -0.463 e. The third kappa shape index (κ3) is 3.88. The lowest BCUT2D eigenvalue weighted by molar-refractivity contribution is -0.145. The lowest BCUT2D eigenvalue weighted by Crippen LogP contribution is -2.39. The van der Waals surface area contributed by atoms with Gasteiger partial charge in [0.2, 0.25) is 11.5 Å². The van der Waals surface area contributed by atoms with Crippen LogP contribution in [0.1, 0.15) is 19.0 Å². The molecule has 0 saturated carbocycles. The van der Waals surface area contributed by atoms with Gasteiger partial charge in [-0.15, -0.1) is 0 Å². The van der Waals surface area contributed by atoms with Crippen molar-refractivity contribution in [2.75, 3.05) is 11.3 Å². The molecule has 1 aliphatic rings. The molecular weight excluding hydrogens is 386 g/mol. The van der Waals surface area contributed by atoms with Crippen LogP contribution < -0.4 is 4.72 Å². The molecule has 0 spiro atoms. The van der Waals surface area contributed by atoms with Crippen LogP contribution in [0.2, 0.25) is 0 Å². The minimum absolute atomic E-state index is 0.0295. The van der Waals surface area contributed by atoms with E-state index in [1.165, 1.54) is 37.4 Å². The van der Waals surface area contributed by atoms with Gasteiger partial charge in [0.05, 0.1) is 17.2 Å². The van der Waals surface area contributed by atoms with Gasteiger partial charge in [0.15, 0.2) is 5.78 Å². The summed E-state index contributed by atoms with van der Waals surface area (Å²) in [6.07, 6.45) is 1.57. The van der Waals surface area contributed by atoms with Crippen LogP contribution in [-0.4, -0.2) is 42.3 Å². The summed E-state index contributed by atoms with van der Waals surface area (Å²) in [6.45, 7) is 3.06.